The minimum Gasteiger partial charge on any atom is -0.491 e. The van der Waals surface area contributed by atoms with Gasteiger partial charge in [-0.2, -0.15) is 18.4 Å². The minimum atomic E-state index is -4.80. The van der Waals surface area contributed by atoms with Crippen molar-refractivity contribution in [2.75, 3.05) is 68.4 Å². The fourth-order valence-electron chi connectivity index (χ4n) is 6.58. The first-order chi connectivity index (χ1) is 31.5. The first-order valence-electron chi connectivity index (χ1n) is 20.3. The van der Waals surface area contributed by atoms with Gasteiger partial charge in [-0.05, 0) is 128 Å². The summed E-state index contributed by atoms with van der Waals surface area (Å²) < 4.78 is 93.9. The number of nitrogens with zero attached hydrogens (tertiary/aromatic N) is 3. The normalized spacial score (nSPS) is 13.7. The molecule has 0 spiro atoms. The molecular formula is C46H45F3N6O9S2. The van der Waals surface area contributed by atoms with Crippen molar-refractivity contribution in [1.82, 2.24) is 10.3 Å². The highest BCUT2D eigenvalue weighted by Gasteiger charge is 2.50. The Bertz CT molecular complexity index is 2650. The predicted molar refractivity (Wildman–Crippen MR) is 243 cm³/mol. The highest BCUT2D eigenvalue weighted by Crippen LogP contribution is 2.40. The zero-order valence-electron chi connectivity index (χ0n) is 35.7. The summed E-state index contributed by atoms with van der Waals surface area (Å²) in [7, 11) is -3.97. The van der Waals surface area contributed by atoms with Crippen molar-refractivity contribution < 1.29 is 54.9 Å². The molecule has 2 amide bonds. The van der Waals surface area contributed by atoms with E-state index in [4.69, 9.17) is 41.6 Å². The monoisotopic (exact) mass is 946 g/mol. The van der Waals surface area contributed by atoms with Crippen LogP contribution in [0.5, 0.6) is 11.5 Å². The molecule has 1 heterocycles. The van der Waals surface area contributed by atoms with Crippen LogP contribution in [0.2, 0.25) is 0 Å². The molecule has 0 atom stereocenters. The number of nitrogens with one attached hydrogen (secondary N) is 2. The highest BCUT2D eigenvalue weighted by molar-refractivity contribution is 7.89. The minimum absolute atomic E-state index is 0.0118. The van der Waals surface area contributed by atoms with E-state index >= 15 is 0 Å². The average molecular weight is 947 g/mol. The van der Waals surface area contributed by atoms with Gasteiger partial charge in [0.1, 0.15) is 30.3 Å². The Kier molecular flexibility index (Phi) is 16.0. The number of hydrazine groups is 1. The number of amides is 2. The fourth-order valence-corrected chi connectivity index (χ4v) is 7.94. The van der Waals surface area contributed by atoms with E-state index in [2.05, 4.69) is 5.43 Å². The second kappa shape index (κ2) is 21.6. The molecule has 346 valence electrons. The molecule has 0 unspecified atom stereocenters. The fraction of sp³-hybridized carbons (Fsp3) is 0.261. The van der Waals surface area contributed by atoms with Crippen molar-refractivity contribution >= 4 is 56.2 Å². The van der Waals surface area contributed by atoms with Crippen LogP contribution in [0.3, 0.4) is 0 Å². The number of halogens is 3. The third kappa shape index (κ3) is 12.2. The van der Waals surface area contributed by atoms with Crippen LogP contribution in [0, 0.1) is 11.3 Å². The maximum Gasteiger partial charge on any atom is 0.417 e. The molecule has 5 aromatic carbocycles. The molecule has 66 heavy (non-hydrogen) atoms. The molecular weight excluding hydrogens is 902 g/mol. The van der Waals surface area contributed by atoms with Crippen molar-refractivity contribution in [2.24, 2.45) is 0 Å². The van der Waals surface area contributed by atoms with Gasteiger partial charge in [-0.15, -0.1) is 4.83 Å². The molecule has 20 heteroatoms. The van der Waals surface area contributed by atoms with Crippen LogP contribution >= 0.6 is 12.2 Å². The number of rotatable bonds is 21. The average Bonchev–Trinajstić information content (AvgIpc) is 3.48. The molecule has 0 radical (unpaired) electrons. The molecule has 5 aromatic rings. The number of benzene rings is 5. The highest BCUT2D eigenvalue weighted by atomic mass is 32.2. The molecule has 1 saturated heterocycles. The molecule has 0 bridgehead atoms. The summed E-state index contributed by atoms with van der Waals surface area (Å²) in [6, 6.07) is 31.1. The van der Waals surface area contributed by atoms with Crippen molar-refractivity contribution in [3.8, 4) is 28.7 Å². The summed E-state index contributed by atoms with van der Waals surface area (Å²) in [5.41, 5.74) is 7.74. The van der Waals surface area contributed by atoms with Gasteiger partial charge >= 0.3 is 6.18 Å². The summed E-state index contributed by atoms with van der Waals surface area (Å²) in [5, 5.41) is 9.21. The number of hydrogen-bond donors (Lipinski definition) is 3. The first kappa shape index (κ1) is 48.8. The number of nitrogen functional groups attached to an aromatic ring is 1. The molecule has 1 fully saturated rings. The molecule has 0 aliphatic carbocycles. The lowest BCUT2D eigenvalue weighted by molar-refractivity contribution is -0.137. The maximum atomic E-state index is 13.7. The van der Waals surface area contributed by atoms with Crippen LogP contribution in [0.25, 0.3) is 11.1 Å². The van der Waals surface area contributed by atoms with Crippen molar-refractivity contribution in [2.45, 2.75) is 30.5 Å². The number of alkyl halides is 3. The largest absolute Gasteiger partial charge is 0.491 e. The molecule has 1 aliphatic rings. The molecule has 15 nitrogen and oxygen atoms in total. The second-order valence-corrected chi connectivity index (χ2v) is 17.0. The van der Waals surface area contributed by atoms with Crippen LogP contribution < -0.4 is 35.3 Å². The quantitative estimate of drug-likeness (QED) is 0.0299. The van der Waals surface area contributed by atoms with E-state index in [1.54, 1.807) is 49.1 Å². The number of ether oxygens (including phenoxy) is 5. The zero-order valence-corrected chi connectivity index (χ0v) is 37.3. The Morgan fingerprint density at radius 3 is 1.74 bits per heavy atom. The Morgan fingerprint density at radius 2 is 1.23 bits per heavy atom. The number of nitriles is 1. The topological polar surface area (TPSA) is 195 Å². The smallest absolute Gasteiger partial charge is 0.417 e. The number of anilines is 3. The number of carbonyl (C=O) groups is 2. The number of nitrogens with two attached hydrogens (primary N) is 1. The van der Waals surface area contributed by atoms with E-state index < -0.39 is 44.7 Å². The zero-order chi connectivity index (χ0) is 47.5. The third-order valence-electron chi connectivity index (χ3n) is 10.0. The van der Waals surface area contributed by atoms with Gasteiger partial charge in [0.05, 0.1) is 67.4 Å². The summed E-state index contributed by atoms with van der Waals surface area (Å²) in [4.78, 5) is 30.6. The van der Waals surface area contributed by atoms with Gasteiger partial charge in [-0.1, -0.05) is 24.3 Å². The maximum absolute atomic E-state index is 13.7. The molecule has 6 rings (SSSR count). The molecule has 1 aliphatic heterocycles. The van der Waals surface area contributed by atoms with Crippen LogP contribution in [-0.4, -0.2) is 83.7 Å². The van der Waals surface area contributed by atoms with Crippen molar-refractivity contribution in [1.29, 1.82) is 5.26 Å². The predicted octanol–water partition coefficient (Wildman–Crippen LogP) is 6.87. The van der Waals surface area contributed by atoms with E-state index in [1.807, 2.05) is 41.2 Å². The van der Waals surface area contributed by atoms with Crippen LogP contribution in [0.4, 0.5) is 30.2 Å². The second-order valence-electron chi connectivity index (χ2n) is 14.9. The van der Waals surface area contributed by atoms with E-state index in [1.165, 1.54) is 42.5 Å². The van der Waals surface area contributed by atoms with Gasteiger partial charge in [0, 0.05) is 16.9 Å². The lowest BCUT2D eigenvalue weighted by Crippen LogP contribution is -2.44. The van der Waals surface area contributed by atoms with Crippen molar-refractivity contribution in [3.63, 3.8) is 0 Å². The van der Waals surface area contributed by atoms with Gasteiger partial charge < -0.3 is 34.3 Å². The van der Waals surface area contributed by atoms with Gasteiger partial charge in [-0.3, -0.25) is 19.9 Å². The number of hydrogen-bond acceptors (Lipinski definition) is 12. The number of thiocarbonyl (C=S) groups is 1. The Morgan fingerprint density at radius 1 is 0.742 bits per heavy atom. The summed E-state index contributed by atoms with van der Waals surface area (Å²) in [6.07, 6.45) is -4.80. The van der Waals surface area contributed by atoms with Gasteiger partial charge in [0.2, 0.25) is 0 Å². The molecule has 4 N–H and O–H groups in total. The lowest BCUT2D eigenvalue weighted by Gasteiger charge is -2.29. The van der Waals surface area contributed by atoms with E-state index in [0.29, 0.717) is 69.1 Å². The van der Waals surface area contributed by atoms with Crippen LogP contribution in [0.15, 0.2) is 120 Å². The Balaban J connectivity index is 0.828. The summed E-state index contributed by atoms with van der Waals surface area (Å²) in [5.74, 6) is -0.00777. The molecule has 0 aromatic heterocycles. The standard InChI is InChI=1S/C46H45F3N6O9S2/c1-45(2)43(57)54(37-14-5-34(30-50)41(29-37)46(47,48)49)44(65)55(45)36-12-3-31(4-13-36)32-6-15-38(16-7-32)63-27-25-61-23-21-60-22-24-62-26-28-64-39-17-8-33(9-18-39)42(56)52-53-66(58,59)40-19-10-35(51)11-20-40/h3-20,29,53H,21-28,51H2,1-2H3,(H,52,56). The SMILES string of the molecule is CC1(C)C(=O)N(c2ccc(C#N)c(C(F)(F)F)c2)C(=S)N1c1ccc(-c2ccc(OCCOCCOCCOCCOc3ccc(C(=O)NNS(=O)(=O)c4ccc(N)cc4)cc3)cc2)cc1. The summed E-state index contributed by atoms with van der Waals surface area (Å²) >= 11 is 5.65. The van der Waals surface area contributed by atoms with Gasteiger partial charge in [0.15, 0.2) is 5.11 Å². The van der Waals surface area contributed by atoms with Crippen LogP contribution in [0.1, 0.15) is 35.3 Å². The molecule has 0 saturated carbocycles. The Labute approximate surface area is 384 Å². The van der Waals surface area contributed by atoms with Crippen molar-refractivity contribution in [3.05, 3.63) is 132 Å². The van der Waals surface area contributed by atoms with E-state index in [9.17, 15) is 36.4 Å². The van der Waals surface area contributed by atoms with E-state index in [-0.39, 0.29) is 27.9 Å². The van der Waals surface area contributed by atoms with Gasteiger partial charge in [-0.25, -0.2) is 8.42 Å². The Hall–Kier alpha value is -6.60. The van der Waals surface area contributed by atoms with Gasteiger partial charge in [0.25, 0.3) is 21.8 Å². The summed E-state index contributed by atoms with van der Waals surface area (Å²) in [6.45, 7) is 5.95. The number of carbonyl (C=O) groups excluding carboxylic acids is 2. The third-order valence-corrected chi connectivity index (χ3v) is 11.6. The van der Waals surface area contributed by atoms with Crippen LogP contribution in [-0.2, 0) is 35.2 Å². The first-order valence-corrected chi connectivity index (χ1v) is 22.2. The lowest BCUT2D eigenvalue weighted by atomic mass is 10.0. The number of sulfonamides is 1. The van der Waals surface area contributed by atoms with E-state index in [0.717, 1.165) is 28.2 Å².